The summed E-state index contributed by atoms with van der Waals surface area (Å²) in [7, 11) is -3.26. The Morgan fingerprint density at radius 3 is 2.57 bits per heavy atom. The summed E-state index contributed by atoms with van der Waals surface area (Å²) in [4.78, 5) is 10.9. The van der Waals surface area contributed by atoms with Gasteiger partial charge in [-0.25, -0.2) is 23.1 Å². The zero-order valence-electron chi connectivity index (χ0n) is 14.0. The fourth-order valence-corrected chi connectivity index (χ4v) is 5.38. The number of hydrogen-bond acceptors (Lipinski definition) is 5. The Bertz CT molecular complexity index is 636. The standard InChI is InChI=1S/C16H26N4O2S/c1-12-10-16(18-13(2)17-12)20-9-5-8-15(11-20)23(21,22)19-14-6-3-4-7-14/h10,14-15,19H,3-9,11H2,1-2H3. The van der Waals surface area contributed by atoms with Crippen LogP contribution in [-0.2, 0) is 10.0 Å². The molecule has 0 aromatic carbocycles. The lowest BCUT2D eigenvalue weighted by Crippen LogP contribution is -2.48. The van der Waals surface area contributed by atoms with Crippen molar-refractivity contribution in [3.63, 3.8) is 0 Å². The van der Waals surface area contributed by atoms with E-state index in [1.165, 1.54) is 0 Å². The molecule has 7 heteroatoms. The van der Waals surface area contributed by atoms with Gasteiger partial charge in [-0.15, -0.1) is 0 Å². The number of hydrogen-bond donors (Lipinski definition) is 1. The summed E-state index contributed by atoms with van der Waals surface area (Å²) in [5.41, 5.74) is 0.918. The van der Waals surface area contributed by atoms with E-state index in [4.69, 9.17) is 0 Å². The van der Waals surface area contributed by atoms with Gasteiger partial charge in [0, 0.05) is 30.9 Å². The van der Waals surface area contributed by atoms with Crippen molar-refractivity contribution in [3.05, 3.63) is 17.6 Å². The highest BCUT2D eigenvalue weighted by atomic mass is 32.2. The molecule has 3 rings (SSSR count). The van der Waals surface area contributed by atoms with E-state index in [0.717, 1.165) is 62.4 Å². The van der Waals surface area contributed by atoms with Gasteiger partial charge in [0.2, 0.25) is 10.0 Å². The summed E-state index contributed by atoms with van der Waals surface area (Å²) in [5, 5.41) is -0.354. The molecule has 2 fully saturated rings. The molecule has 0 radical (unpaired) electrons. The van der Waals surface area contributed by atoms with Crippen LogP contribution in [0.5, 0.6) is 0 Å². The summed E-state index contributed by atoms with van der Waals surface area (Å²) < 4.78 is 28.3. The molecule has 1 saturated heterocycles. The number of piperidine rings is 1. The highest BCUT2D eigenvalue weighted by molar-refractivity contribution is 7.90. The molecule has 6 nitrogen and oxygen atoms in total. The molecule has 1 aliphatic heterocycles. The normalized spacial score (nSPS) is 23.4. The first-order chi connectivity index (χ1) is 10.9. The van der Waals surface area contributed by atoms with E-state index in [0.29, 0.717) is 6.54 Å². The van der Waals surface area contributed by atoms with Gasteiger partial charge in [0.1, 0.15) is 11.6 Å². The lowest BCUT2D eigenvalue weighted by atomic mass is 10.1. The van der Waals surface area contributed by atoms with Crippen molar-refractivity contribution in [2.75, 3.05) is 18.0 Å². The molecule has 1 aromatic rings. The highest BCUT2D eigenvalue weighted by Crippen LogP contribution is 2.24. The summed E-state index contributed by atoms with van der Waals surface area (Å²) in [6, 6.07) is 2.07. The summed E-state index contributed by atoms with van der Waals surface area (Å²) >= 11 is 0. The predicted octanol–water partition coefficient (Wildman–Crippen LogP) is 1.92. The third kappa shape index (κ3) is 4.01. The number of anilines is 1. The molecule has 1 atom stereocenters. The third-order valence-corrected chi connectivity index (χ3v) is 6.70. The van der Waals surface area contributed by atoms with Crippen LogP contribution < -0.4 is 9.62 Å². The van der Waals surface area contributed by atoms with Crippen molar-refractivity contribution in [2.24, 2.45) is 0 Å². The molecule has 0 bridgehead atoms. The average molecular weight is 338 g/mol. The number of rotatable bonds is 4. The van der Waals surface area contributed by atoms with Crippen LogP contribution in [0.2, 0.25) is 0 Å². The number of nitrogens with one attached hydrogen (secondary N) is 1. The van der Waals surface area contributed by atoms with Crippen LogP contribution in [0.3, 0.4) is 0 Å². The van der Waals surface area contributed by atoms with Crippen LogP contribution >= 0.6 is 0 Å². The van der Waals surface area contributed by atoms with Gasteiger partial charge in [-0.2, -0.15) is 0 Å². The summed E-state index contributed by atoms with van der Waals surface area (Å²) in [6.07, 6.45) is 5.80. The number of aromatic nitrogens is 2. The second-order valence-electron chi connectivity index (χ2n) is 6.77. The minimum absolute atomic E-state index is 0.138. The van der Waals surface area contributed by atoms with Crippen LogP contribution in [0.1, 0.15) is 50.0 Å². The van der Waals surface area contributed by atoms with Gasteiger partial charge in [-0.05, 0) is 39.5 Å². The van der Waals surface area contributed by atoms with E-state index in [2.05, 4.69) is 19.6 Å². The Morgan fingerprint density at radius 2 is 1.87 bits per heavy atom. The Morgan fingerprint density at radius 1 is 1.13 bits per heavy atom. The van der Waals surface area contributed by atoms with Crippen LogP contribution in [0.25, 0.3) is 0 Å². The molecule has 1 unspecified atom stereocenters. The van der Waals surface area contributed by atoms with Crippen molar-refractivity contribution in [3.8, 4) is 0 Å². The zero-order chi connectivity index (χ0) is 16.4. The van der Waals surface area contributed by atoms with Crippen molar-refractivity contribution in [1.29, 1.82) is 0 Å². The first-order valence-corrected chi connectivity index (χ1v) is 10.1. The molecule has 1 N–H and O–H groups in total. The largest absolute Gasteiger partial charge is 0.355 e. The topological polar surface area (TPSA) is 75.2 Å². The van der Waals surface area contributed by atoms with Crippen LogP contribution in [0.4, 0.5) is 5.82 Å². The molecule has 0 amide bonds. The molecule has 2 aliphatic rings. The molecular formula is C16H26N4O2S. The Hall–Kier alpha value is -1.21. The number of sulfonamides is 1. The van der Waals surface area contributed by atoms with Gasteiger partial charge in [-0.1, -0.05) is 12.8 Å². The number of nitrogens with zero attached hydrogens (tertiary/aromatic N) is 3. The van der Waals surface area contributed by atoms with E-state index in [1.54, 1.807) is 0 Å². The third-order valence-electron chi connectivity index (χ3n) is 4.78. The van der Waals surface area contributed by atoms with Gasteiger partial charge in [0.15, 0.2) is 0 Å². The van der Waals surface area contributed by atoms with E-state index in [1.807, 2.05) is 19.9 Å². The van der Waals surface area contributed by atoms with Gasteiger partial charge in [0.25, 0.3) is 0 Å². The van der Waals surface area contributed by atoms with Gasteiger partial charge >= 0.3 is 0 Å². The Labute approximate surface area is 138 Å². The maximum Gasteiger partial charge on any atom is 0.216 e. The summed E-state index contributed by atoms with van der Waals surface area (Å²) in [5.74, 6) is 1.57. The molecule has 1 aliphatic carbocycles. The highest BCUT2D eigenvalue weighted by Gasteiger charge is 2.33. The minimum Gasteiger partial charge on any atom is -0.355 e. The van der Waals surface area contributed by atoms with Crippen molar-refractivity contribution < 1.29 is 8.42 Å². The smallest absolute Gasteiger partial charge is 0.216 e. The van der Waals surface area contributed by atoms with E-state index in [-0.39, 0.29) is 11.3 Å². The first kappa shape index (κ1) is 16.6. The maximum atomic E-state index is 12.7. The molecule has 1 saturated carbocycles. The minimum atomic E-state index is -3.26. The van der Waals surface area contributed by atoms with Gasteiger partial charge < -0.3 is 4.90 Å². The quantitative estimate of drug-likeness (QED) is 0.908. The molecular weight excluding hydrogens is 312 g/mol. The predicted molar refractivity (Wildman–Crippen MR) is 91.1 cm³/mol. The zero-order valence-corrected chi connectivity index (χ0v) is 14.8. The van der Waals surface area contributed by atoms with E-state index in [9.17, 15) is 8.42 Å². The lowest BCUT2D eigenvalue weighted by molar-refractivity contribution is 0.504. The molecule has 1 aromatic heterocycles. The van der Waals surface area contributed by atoms with Crippen molar-refractivity contribution >= 4 is 15.8 Å². The molecule has 128 valence electrons. The van der Waals surface area contributed by atoms with E-state index >= 15 is 0 Å². The fourth-order valence-electron chi connectivity index (χ4n) is 3.63. The Balaban J connectivity index is 1.72. The lowest BCUT2D eigenvalue weighted by Gasteiger charge is -2.34. The molecule has 23 heavy (non-hydrogen) atoms. The van der Waals surface area contributed by atoms with E-state index < -0.39 is 10.0 Å². The van der Waals surface area contributed by atoms with Crippen LogP contribution in [0, 0.1) is 13.8 Å². The monoisotopic (exact) mass is 338 g/mol. The van der Waals surface area contributed by atoms with Gasteiger partial charge in [0.05, 0.1) is 5.25 Å². The van der Waals surface area contributed by atoms with Crippen molar-refractivity contribution in [1.82, 2.24) is 14.7 Å². The maximum absolute atomic E-state index is 12.7. The second kappa shape index (κ2) is 6.73. The Kier molecular flexibility index (Phi) is 4.87. The van der Waals surface area contributed by atoms with Crippen LogP contribution in [-0.4, -0.2) is 42.8 Å². The molecule has 0 spiro atoms. The summed E-state index contributed by atoms with van der Waals surface area (Å²) in [6.45, 7) is 5.18. The fraction of sp³-hybridized carbons (Fsp3) is 0.750. The first-order valence-electron chi connectivity index (χ1n) is 8.52. The molecule has 2 heterocycles. The average Bonchev–Trinajstić information content (AvgIpc) is 2.98. The second-order valence-corrected chi connectivity index (χ2v) is 8.76. The van der Waals surface area contributed by atoms with Crippen molar-refractivity contribution in [2.45, 2.75) is 63.7 Å². The number of aryl methyl sites for hydroxylation is 2. The van der Waals surface area contributed by atoms with Gasteiger partial charge in [-0.3, -0.25) is 0 Å². The SMILES string of the molecule is Cc1cc(N2CCCC(S(=O)(=O)NC3CCCC3)C2)nc(C)n1. The van der Waals surface area contributed by atoms with Crippen LogP contribution in [0.15, 0.2) is 6.07 Å².